The minimum absolute atomic E-state index is 0.0111. The topological polar surface area (TPSA) is 72.7 Å². The van der Waals surface area contributed by atoms with E-state index in [0.717, 1.165) is 56.5 Å². The van der Waals surface area contributed by atoms with Crippen molar-refractivity contribution in [1.29, 1.82) is 0 Å². The van der Waals surface area contributed by atoms with E-state index in [-0.39, 0.29) is 51.1 Å². The number of carbonyl (C=O) groups excluding carboxylic acids is 1. The van der Waals surface area contributed by atoms with E-state index in [9.17, 15) is 31.1 Å². The number of benzene rings is 2. The molecule has 288 valence electrons. The molecule has 4 heterocycles. The molecule has 0 aliphatic carbocycles. The van der Waals surface area contributed by atoms with Crippen LogP contribution in [0.3, 0.4) is 0 Å². The minimum Gasteiger partial charge on any atom is -0.473 e. The van der Waals surface area contributed by atoms with Crippen molar-refractivity contribution >= 4 is 28.0 Å². The van der Waals surface area contributed by atoms with Gasteiger partial charge in [-0.2, -0.15) is 30.7 Å². The molecule has 2 atom stereocenters. The van der Waals surface area contributed by atoms with Crippen molar-refractivity contribution < 1.29 is 45.0 Å². The molecule has 2 aromatic carbocycles. The molecule has 2 saturated heterocycles. The summed E-state index contributed by atoms with van der Waals surface area (Å²) in [5.74, 6) is -0.732. The van der Waals surface area contributed by atoms with Crippen LogP contribution in [-0.4, -0.2) is 83.1 Å². The molecule has 2 aliphatic heterocycles. The Bertz CT molecular complexity index is 1980. The maximum atomic E-state index is 15.5. The van der Waals surface area contributed by atoms with Gasteiger partial charge in [0.1, 0.15) is 6.10 Å². The van der Waals surface area contributed by atoms with E-state index in [4.69, 9.17) is 9.47 Å². The normalized spacial score (nSPS) is 19.3. The first-order valence-electron chi connectivity index (χ1n) is 17.7. The number of ether oxygens (including phenoxy) is 2. The molecule has 54 heavy (non-hydrogen) atoms. The molecule has 2 aliphatic rings. The smallest absolute Gasteiger partial charge is 0.416 e. The summed E-state index contributed by atoms with van der Waals surface area (Å²) < 4.78 is 112. The molecule has 0 spiro atoms. The fourth-order valence-electron chi connectivity index (χ4n) is 6.80. The van der Waals surface area contributed by atoms with Crippen molar-refractivity contribution in [2.75, 3.05) is 40.3 Å². The van der Waals surface area contributed by atoms with Crippen LogP contribution in [0.25, 0.3) is 22.0 Å². The Morgan fingerprint density at radius 1 is 0.963 bits per heavy atom. The van der Waals surface area contributed by atoms with Gasteiger partial charge in [-0.05, 0) is 91.3 Å². The second-order valence-electron chi connectivity index (χ2n) is 13.7. The maximum Gasteiger partial charge on any atom is 0.416 e. The molecule has 2 fully saturated rings. The highest BCUT2D eigenvalue weighted by Crippen LogP contribution is 2.41. The quantitative estimate of drug-likeness (QED) is 0.0916. The zero-order chi connectivity index (χ0) is 38.6. The average Bonchev–Trinajstić information content (AvgIpc) is 3.47. The number of halogens is 7. The number of fused-ring (bicyclic) bond motifs is 1. The number of likely N-dealkylation sites (tertiary alicyclic amines) is 1. The summed E-state index contributed by atoms with van der Waals surface area (Å²) in [6.07, 6.45) is -3.15. The van der Waals surface area contributed by atoms with Gasteiger partial charge in [0.25, 0.3) is 0 Å². The van der Waals surface area contributed by atoms with Gasteiger partial charge in [0.15, 0.2) is 6.23 Å². The summed E-state index contributed by atoms with van der Waals surface area (Å²) in [6.45, 7) is 2.40. The van der Waals surface area contributed by atoms with Crippen LogP contribution in [0.5, 0.6) is 5.88 Å². The highest BCUT2D eigenvalue weighted by atomic mass is 19.4. The van der Waals surface area contributed by atoms with Gasteiger partial charge in [-0.3, -0.25) is 9.69 Å². The standard InChI is InChI=1S/C39H40F7N5O3/c1-49(2)34(52)8-6-19-50-18-5-7-29(24-50)54-33-17-13-27(23-47-33)36(31(22-38(41,42)43)25-10-14-28(15-11-25)39(44,45)46)26-12-16-32-30(21-26)37(40)48-51(32)35-9-3-4-20-53-35/h6,8,10-17,21,23,29,35H,3-5,7,9,18-20,22,24H2,1-2H3/b8-6+,36-31-/t29-,35?/m1/s1. The van der Waals surface area contributed by atoms with Crippen LogP contribution in [0, 0.1) is 5.95 Å². The number of hydrogen-bond acceptors (Lipinski definition) is 6. The predicted molar refractivity (Wildman–Crippen MR) is 189 cm³/mol. The largest absolute Gasteiger partial charge is 0.473 e. The van der Waals surface area contributed by atoms with Gasteiger partial charge in [0.05, 0.1) is 22.9 Å². The fourth-order valence-corrected chi connectivity index (χ4v) is 6.80. The Kier molecular flexibility index (Phi) is 11.8. The van der Waals surface area contributed by atoms with Gasteiger partial charge in [0, 0.05) is 57.7 Å². The third-order valence-electron chi connectivity index (χ3n) is 9.46. The second kappa shape index (κ2) is 16.3. The van der Waals surface area contributed by atoms with Gasteiger partial charge in [0.2, 0.25) is 17.7 Å². The molecule has 0 bridgehead atoms. The number of allylic oxidation sites excluding steroid dienone is 1. The van der Waals surface area contributed by atoms with Gasteiger partial charge in [-0.15, -0.1) is 5.10 Å². The van der Waals surface area contributed by atoms with Crippen LogP contribution in [0.2, 0.25) is 0 Å². The molecule has 0 radical (unpaired) electrons. The zero-order valence-electron chi connectivity index (χ0n) is 29.8. The first-order valence-corrected chi connectivity index (χ1v) is 17.7. The van der Waals surface area contributed by atoms with E-state index < -0.39 is 36.5 Å². The monoisotopic (exact) mass is 759 g/mol. The van der Waals surface area contributed by atoms with Gasteiger partial charge < -0.3 is 14.4 Å². The molecular weight excluding hydrogens is 719 g/mol. The Hall–Kier alpha value is -4.76. The molecule has 1 amide bonds. The number of likely N-dealkylation sites (N-methyl/N-ethyl adjacent to an activating group) is 1. The van der Waals surface area contributed by atoms with Crippen LogP contribution in [0.4, 0.5) is 30.7 Å². The molecular formula is C39H40F7N5O3. The number of alkyl halides is 6. The number of piperidine rings is 1. The number of amides is 1. The highest BCUT2D eigenvalue weighted by molar-refractivity contribution is 6.00. The number of hydrogen-bond donors (Lipinski definition) is 0. The SMILES string of the molecule is CN(C)C(=O)/C=C/CN1CCC[C@@H](Oc2ccc(/C(=C(/CC(F)(F)F)c3ccc(C(F)(F)F)cc3)c3ccc4c(c3)c(F)nn4C3CCCCO3)cn2)C1. The summed E-state index contributed by atoms with van der Waals surface area (Å²) in [6, 6.07) is 11.0. The number of nitrogens with zero attached hydrogens (tertiary/aromatic N) is 5. The van der Waals surface area contributed by atoms with Crippen LogP contribution < -0.4 is 4.74 Å². The van der Waals surface area contributed by atoms with Crippen molar-refractivity contribution in [3.63, 3.8) is 0 Å². The summed E-state index contributed by atoms with van der Waals surface area (Å²) in [7, 11) is 3.34. The van der Waals surface area contributed by atoms with Gasteiger partial charge in [-0.1, -0.05) is 24.3 Å². The maximum absolute atomic E-state index is 15.5. The van der Waals surface area contributed by atoms with E-state index >= 15 is 4.39 Å². The van der Waals surface area contributed by atoms with Crippen LogP contribution in [0.15, 0.2) is 72.9 Å². The molecule has 15 heteroatoms. The van der Waals surface area contributed by atoms with Crippen molar-refractivity contribution in [3.05, 3.63) is 101 Å². The molecule has 4 aromatic rings. The van der Waals surface area contributed by atoms with Crippen molar-refractivity contribution in [2.45, 2.75) is 63.2 Å². The third kappa shape index (κ3) is 9.48. The van der Waals surface area contributed by atoms with Crippen molar-refractivity contribution in [1.82, 2.24) is 24.6 Å². The lowest BCUT2D eigenvalue weighted by Crippen LogP contribution is -2.41. The predicted octanol–water partition coefficient (Wildman–Crippen LogP) is 8.69. The lowest BCUT2D eigenvalue weighted by atomic mass is 9.87. The zero-order valence-corrected chi connectivity index (χ0v) is 29.8. The fraction of sp³-hybridized carbons (Fsp3) is 0.410. The minimum atomic E-state index is -4.76. The second-order valence-corrected chi connectivity index (χ2v) is 13.7. The lowest BCUT2D eigenvalue weighted by molar-refractivity contribution is -0.137. The summed E-state index contributed by atoms with van der Waals surface area (Å²) in [4.78, 5) is 19.9. The van der Waals surface area contributed by atoms with Crippen LogP contribution in [0.1, 0.15) is 67.0 Å². The summed E-state index contributed by atoms with van der Waals surface area (Å²) in [5.41, 5.74) is -0.629. The lowest BCUT2D eigenvalue weighted by Gasteiger charge is -2.31. The molecule has 2 aromatic heterocycles. The van der Waals surface area contributed by atoms with Gasteiger partial charge in [-0.25, -0.2) is 9.67 Å². The first kappa shape index (κ1) is 38.9. The Labute approximate surface area is 307 Å². The Morgan fingerprint density at radius 3 is 2.35 bits per heavy atom. The van der Waals surface area contributed by atoms with E-state index in [1.165, 1.54) is 40.1 Å². The molecule has 0 N–H and O–H groups in total. The van der Waals surface area contributed by atoms with E-state index in [0.29, 0.717) is 31.6 Å². The van der Waals surface area contributed by atoms with E-state index in [2.05, 4.69) is 15.0 Å². The van der Waals surface area contributed by atoms with E-state index in [1.54, 1.807) is 32.3 Å². The van der Waals surface area contributed by atoms with E-state index in [1.807, 2.05) is 0 Å². The highest BCUT2D eigenvalue weighted by Gasteiger charge is 2.34. The molecule has 0 saturated carbocycles. The van der Waals surface area contributed by atoms with Crippen molar-refractivity contribution in [2.24, 2.45) is 0 Å². The van der Waals surface area contributed by atoms with Crippen LogP contribution in [-0.2, 0) is 15.7 Å². The molecule has 8 nitrogen and oxygen atoms in total. The average molecular weight is 760 g/mol. The third-order valence-corrected chi connectivity index (χ3v) is 9.46. The summed E-state index contributed by atoms with van der Waals surface area (Å²) >= 11 is 0. The number of rotatable bonds is 10. The van der Waals surface area contributed by atoms with Crippen molar-refractivity contribution in [3.8, 4) is 5.88 Å². The Morgan fingerprint density at radius 2 is 1.70 bits per heavy atom. The molecule has 6 rings (SSSR count). The number of aromatic nitrogens is 3. The van der Waals surface area contributed by atoms with Crippen LogP contribution >= 0.6 is 0 Å². The number of carbonyl (C=O) groups is 1. The summed E-state index contributed by atoms with van der Waals surface area (Å²) in [5, 5.41) is 4.10. The molecule has 1 unspecified atom stereocenters. The first-order chi connectivity index (χ1) is 25.7. The number of pyridine rings is 1. The van der Waals surface area contributed by atoms with Gasteiger partial charge >= 0.3 is 12.4 Å². The Balaban J connectivity index is 1.37.